The van der Waals surface area contributed by atoms with E-state index in [0.29, 0.717) is 11.3 Å². The molecule has 2 aromatic rings. The molecule has 2 N–H and O–H groups in total. The number of hydrogen-bond acceptors (Lipinski definition) is 4. The van der Waals surface area contributed by atoms with Gasteiger partial charge in [-0.2, -0.15) is 0 Å². The van der Waals surface area contributed by atoms with Gasteiger partial charge in [0.2, 0.25) is 0 Å². The summed E-state index contributed by atoms with van der Waals surface area (Å²) in [5.74, 6) is 0.0587. The quantitative estimate of drug-likeness (QED) is 0.820. The van der Waals surface area contributed by atoms with E-state index in [2.05, 4.69) is 5.32 Å². The van der Waals surface area contributed by atoms with Crippen LogP contribution in [0.5, 0.6) is 11.5 Å². The summed E-state index contributed by atoms with van der Waals surface area (Å²) in [6.07, 6.45) is -0.858. The molecule has 1 amide bonds. The molecule has 0 fully saturated rings. The Morgan fingerprint density at radius 2 is 1.96 bits per heavy atom. The van der Waals surface area contributed by atoms with Gasteiger partial charge in [-0.15, -0.1) is 0 Å². The van der Waals surface area contributed by atoms with Crippen molar-refractivity contribution in [3.8, 4) is 11.5 Å². The van der Waals surface area contributed by atoms with E-state index in [4.69, 9.17) is 9.47 Å². The maximum Gasteiger partial charge on any atom is 0.258 e. The largest absolute Gasteiger partial charge is 0.497 e. The zero-order valence-corrected chi connectivity index (χ0v) is 12.7. The van der Waals surface area contributed by atoms with E-state index in [1.165, 1.54) is 25.3 Å². The van der Waals surface area contributed by atoms with Crippen LogP contribution in [-0.4, -0.2) is 31.3 Å². The van der Waals surface area contributed by atoms with Crippen molar-refractivity contribution in [2.45, 2.75) is 6.10 Å². The monoisotopic (exact) mass is 319 g/mol. The zero-order valence-electron chi connectivity index (χ0n) is 12.7. The van der Waals surface area contributed by atoms with Crippen molar-refractivity contribution in [3.63, 3.8) is 0 Å². The lowest BCUT2D eigenvalue weighted by Gasteiger charge is -2.13. The number of rotatable bonds is 7. The van der Waals surface area contributed by atoms with Crippen LogP contribution < -0.4 is 14.8 Å². The maximum atomic E-state index is 13.0. The number of methoxy groups -OCH3 is 1. The summed E-state index contributed by atoms with van der Waals surface area (Å²) in [5.41, 5.74) is 0.635. The van der Waals surface area contributed by atoms with Gasteiger partial charge in [-0.25, -0.2) is 4.39 Å². The number of carbonyl (C=O) groups excluding carboxylic acids is 1. The Balaban J connectivity index is 1.79. The molecule has 0 saturated heterocycles. The van der Waals surface area contributed by atoms with Crippen LogP contribution in [0.2, 0.25) is 0 Å². The molecule has 2 rings (SSSR count). The highest BCUT2D eigenvalue weighted by Gasteiger charge is 2.11. The molecular formula is C17H18FNO4. The van der Waals surface area contributed by atoms with Crippen LogP contribution >= 0.6 is 0 Å². The molecule has 0 bridgehead atoms. The summed E-state index contributed by atoms with van der Waals surface area (Å²) < 4.78 is 23.2. The average molecular weight is 319 g/mol. The molecule has 0 spiro atoms. The molecule has 122 valence electrons. The summed E-state index contributed by atoms with van der Waals surface area (Å²) >= 11 is 0. The lowest BCUT2D eigenvalue weighted by Crippen LogP contribution is -2.32. The van der Waals surface area contributed by atoms with E-state index in [1.807, 2.05) is 0 Å². The van der Waals surface area contributed by atoms with E-state index in [0.717, 1.165) is 0 Å². The fourth-order valence-electron chi connectivity index (χ4n) is 1.93. The first kappa shape index (κ1) is 16.8. The van der Waals surface area contributed by atoms with Crippen molar-refractivity contribution in [1.29, 1.82) is 0 Å². The van der Waals surface area contributed by atoms with Crippen LogP contribution in [0, 0.1) is 5.82 Å². The van der Waals surface area contributed by atoms with Gasteiger partial charge in [0.1, 0.15) is 17.3 Å². The molecule has 0 aromatic heterocycles. The molecule has 0 aliphatic carbocycles. The van der Waals surface area contributed by atoms with Crippen LogP contribution in [0.3, 0.4) is 0 Å². The fourth-order valence-corrected chi connectivity index (χ4v) is 1.93. The highest BCUT2D eigenvalue weighted by Crippen LogP contribution is 2.18. The van der Waals surface area contributed by atoms with Crippen LogP contribution in [0.1, 0.15) is 11.7 Å². The Morgan fingerprint density at radius 1 is 1.22 bits per heavy atom. The minimum absolute atomic E-state index is 0.0402. The molecule has 0 heterocycles. The Morgan fingerprint density at radius 3 is 2.70 bits per heavy atom. The van der Waals surface area contributed by atoms with E-state index < -0.39 is 17.8 Å². The molecule has 23 heavy (non-hydrogen) atoms. The molecule has 0 radical (unpaired) electrons. The summed E-state index contributed by atoms with van der Waals surface area (Å²) in [5, 5.41) is 12.6. The number of carbonyl (C=O) groups is 1. The van der Waals surface area contributed by atoms with Gasteiger partial charge < -0.3 is 19.9 Å². The van der Waals surface area contributed by atoms with Gasteiger partial charge in [0.25, 0.3) is 5.91 Å². The number of aliphatic hydroxyl groups is 1. The Kier molecular flexibility index (Phi) is 5.94. The lowest BCUT2D eigenvalue weighted by molar-refractivity contribution is -0.123. The summed E-state index contributed by atoms with van der Waals surface area (Å²) in [7, 11) is 1.54. The van der Waals surface area contributed by atoms with E-state index in [1.54, 1.807) is 30.3 Å². The Labute approximate surface area is 133 Å². The van der Waals surface area contributed by atoms with E-state index in [-0.39, 0.29) is 18.9 Å². The maximum absolute atomic E-state index is 13.0. The number of halogens is 1. The SMILES string of the molecule is COc1cccc(C(O)CNC(=O)COc2cccc(F)c2)c1. The Bertz CT molecular complexity index is 663. The van der Waals surface area contributed by atoms with E-state index in [9.17, 15) is 14.3 Å². The second kappa shape index (κ2) is 8.14. The molecule has 0 aliphatic rings. The molecule has 1 atom stereocenters. The van der Waals surface area contributed by atoms with Crippen molar-refractivity contribution in [2.75, 3.05) is 20.3 Å². The van der Waals surface area contributed by atoms with E-state index >= 15 is 0 Å². The van der Waals surface area contributed by atoms with Gasteiger partial charge in [0, 0.05) is 12.6 Å². The number of nitrogens with one attached hydrogen (secondary N) is 1. The van der Waals surface area contributed by atoms with Gasteiger partial charge in [0.15, 0.2) is 6.61 Å². The minimum Gasteiger partial charge on any atom is -0.497 e. The standard InChI is InChI=1S/C17H18FNO4/c1-22-14-6-2-4-12(8-14)16(20)10-19-17(21)11-23-15-7-3-5-13(18)9-15/h2-9,16,20H,10-11H2,1H3,(H,19,21). The molecular weight excluding hydrogens is 301 g/mol. The fraction of sp³-hybridized carbons (Fsp3) is 0.235. The second-order valence-electron chi connectivity index (χ2n) is 4.84. The van der Waals surface area contributed by atoms with Crippen molar-refractivity contribution >= 4 is 5.91 Å². The molecule has 0 saturated carbocycles. The van der Waals surface area contributed by atoms with Crippen LogP contribution in [0.15, 0.2) is 48.5 Å². The summed E-state index contributed by atoms with van der Waals surface area (Å²) in [6.45, 7) is -0.215. The van der Waals surface area contributed by atoms with Gasteiger partial charge in [-0.3, -0.25) is 4.79 Å². The number of hydrogen-bond donors (Lipinski definition) is 2. The van der Waals surface area contributed by atoms with Gasteiger partial charge in [0.05, 0.1) is 13.2 Å². The smallest absolute Gasteiger partial charge is 0.258 e. The highest BCUT2D eigenvalue weighted by atomic mass is 19.1. The molecule has 5 nitrogen and oxygen atoms in total. The van der Waals surface area contributed by atoms with Crippen molar-refractivity contribution in [3.05, 3.63) is 59.9 Å². The number of benzene rings is 2. The predicted molar refractivity (Wildman–Crippen MR) is 82.9 cm³/mol. The number of aliphatic hydroxyl groups excluding tert-OH is 1. The lowest BCUT2D eigenvalue weighted by atomic mass is 10.1. The van der Waals surface area contributed by atoms with Gasteiger partial charge in [-0.1, -0.05) is 18.2 Å². The average Bonchev–Trinajstić information content (AvgIpc) is 2.58. The van der Waals surface area contributed by atoms with Crippen LogP contribution in [0.25, 0.3) is 0 Å². The number of ether oxygens (including phenoxy) is 2. The van der Waals surface area contributed by atoms with Crippen molar-refractivity contribution in [1.82, 2.24) is 5.32 Å². The normalized spacial score (nSPS) is 11.6. The predicted octanol–water partition coefficient (Wildman–Crippen LogP) is 2.06. The third-order valence-electron chi connectivity index (χ3n) is 3.14. The molecule has 0 aliphatic heterocycles. The highest BCUT2D eigenvalue weighted by molar-refractivity contribution is 5.77. The molecule has 2 aromatic carbocycles. The number of amides is 1. The first-order chi connectivity index (χ1) is 11.1. The van der Waals surface area contributed by atoms with Gasteiger partial charge in [-0.05, 0) is 29.8 Å². The Hall–Kier alpha value is -2.60. The van der Waals surface area contributed by atoms with Crippen molar-refractivity contribution < 1.29 is 23.8 Å². The third kappa shape index (κ3) is 5.27. The first-order valence-corrected chi connectivity index (χ1v) is 7.05. The third-order valence-corrected chi connectivity index (χ3v) is 3.14. The zero-order chi connectivity index (χ0) is 16.7. The first-order valence-electron chi connectivity index (χ1n) is 7.05. The second-order valence-corrected chi connectivity index (χ2v) is 4.84. The van der Waals surface area contributed by atoms with Crippen molar-refractivity contribution in [2.24, 2.45) is 0 Å². The molecule has 6 heteroatoms. The molecule has 1 unspecified atom stereocenters. The van der Waals surface area contributed by atoms with Crippen LogP contribution in [-0.2, 0) is 4.79 Å². The summed E-state index contributed by atoms with van der Waals surface area (Å²) in [6, 6.07) is 12.5. The summed E-state index contributed by atoms with van der Waals surface area (Å²) in [4.78, 5) is 11.7. The van der Waals surface area contributed by atoms with Gasteiger partial charge >= 0.3 is 0 Å². The van der Waals surface area contributed by atoms with Crippen LogP contribution in [0.4, 0.5) is 4.39 Å². The minimum atomic E-state index is -0.858. The topological polar surface area (TPSA) is 67.8 Å².